The van der Waals surface area contributed by atoms with Crippen LogP contribution in [0.25, 0.3) is 0 Å². The molecule has 0 aliphatic rings. The van der Waals surface area contributed by atoms with Gasteiger partial charge in [-0.05, 0) is 50.2 Å². The fourth-order valence-corrected chi connectivity index (χ4v) is 2.70. The Morgan fingerprint density at radius 2 is 1.74 bits per heavy atom. The van der Waals surface area contributed by atoms with Crippen molar-refractivity contribution in [3.05, 3.63) is 71.3 Å². The molecule has 2 aromatic carbocycles. The molecular formula is C20H26N2O. The van der Waals surface area contributed by atoms with E-state index >= 15 is 0 Å². The Hall–Kier alpha value is -2.13. The molecule has 0 aromatic heterocycles. The molecular weight excluding hydrogens is 284 g/mol. The van der Waals surface area contributed by atoms with Gasteiger partial charge in [-0.2, -0.15) is 0 Å². The quantitative estimate of drug-likeness (QED) is 0.852. The third-order valence-electron chi connectivity index (χ3n) is 3.84. The maximum atomic E-state index is 12.6. The van der Waals surface area contributed by atoms with Crippen molar-refractivity contribution in [3.8, 4) is 0 Å². The molecule has 0 aliphatic carbocycles. The number of amides is 1. The summed E-state index contributed by atoms with van der Waals surface area (Å²) in [5.74, 6) is 0.00285. The number of likely N-dealkylation sites (N-methyl/N-ethyl adjacent to an activating group) is 1. The van der Waals surface area contributed by atoms with Gasteiger partial charge >= 0.3 is 0 Å². The molecule has 2 aromatic rings. The number of rotatable bonds is 7. The molecule has 1 N–H and O–H groups in total. The van der Waals surface area contributed by atoms with Crippen LogP contribution in [0.4, 0.5) is 0 Å². The van der Waals surface area contributed by atoms with Crippen LogP contribution in [0.5, 0.6) is 0 Å². The number of hydrogen-bond acceptors (Lipinski definition) is 2. The van der Waals surface area contributed by atoms with Crippen LogP contribution in [0.3, 0.4) is 0 Å². The summed E-state index contributed by atoms with van der Waals surface area (Å²) in [7, 11) is 4.06. The summed E-state index contributed by atoms with van der Waals surface area (Å²) >= 11 is 0. The van der Waals surface area contributed by atoms with Crippen molar-refractivity contribution < 1.29 is 4.79 Å². The van der Waals surface area contributed by atoms with Crippen LogP contribution < -0.4 is 5.32 Å². The molecule has 0 spiro atoms. The van der Waals surface area contributed by atoms with Crippen LogP contribution >= 0.6 is 0 Å². The highest BCUT2D eigenvalue weighted by atomic mass is 16.1. The number of carbonyl (C=O) groups excluding carboxylic acids is 1. The molecule has 0 radical (unpaired) electrons. The molecule has 23 heavy (non-hydrogen) atoms. The number of hydrogen-bond donors (Lipinski definition) is 1. The van der Waals surface area contributed by atoms with Crippen molar-refractivity contribution in [2.24, 2.45) is 0 Å². The van der Waals surface area contributed by atoms with Crippen molar-refractivity contribution in [2.75, 3.05) is 20.6 Å². The van der Waals surface area contributed by atoms with Crippen molar-refractivity contribution >= 4 is 5.91 Å². The Morgan fingerprint density at radius 3 is 2.39 bits per heavy atom. The highest BCUT2D eigenvalue weighted by Gasteiger charge is 2.15. The highest BCUT2D eigenvalue weighted by molar-refractivity contribution is 5.94. The first-order chi connectivity index (χ1) is 11.1. The van der Waals surface area contributed by atoms with Crippen LogP contribution in [0.15, 0.2) is 54.6 Å². The first-order valence-corrected chi connectivity index (χ1v) is 8.17. The Bertz CT molecular complexity index is 623. The molecule has 122 valence electrons. The molecule has 0 aliphatic heterocycles. The largest absolute Gasteiger partial charge is 0.348 e. The normalized spacial score (nSPS) is 12.2. The predicted octanol–water partition coefficient (Wildman–Crippen LogP) is 3.15. The molecule has 0 bridgehead atoms. The topological polar surface area (TPSA) is 32.3 Å². The van der Waals surface area contributed by atoms with Crippen LogP contribution in [0.1, 0.15) is 28.4 Å². The zero-order chi connectivity index (χ0) is 16.7. The van der Waals surface area contributed by atoms with Crippen molar-refractivity contribution in [3.63, 3.8) is 0 Å². The molecule has 1 atom stereocenters. The van der Waals surface area contributed by atoms with Gasteiger partial charge in [-0.15, -0.1) is 0 Å². The molecule has 3 nitrogen and oxygen atoms in total. The SMILES string of the molecule is CCc1cccc(C(=O)N[C@H](Cc2ccccc2)CN(C)C)c1. The standard InChI is InChI=1S/C20H26N2O/c1-4-16-11-8-12-18(13-16)20(23)21-19(15-22(2)3)14-17-9-6-5-7-10-17/h5-13,19H,4,14-15H2,1-3H3,(H,21,23)/t19-/m1/s1. The molecule has 0 saturated carbocycles. The molecule has 0 saturated heterocycles. The lowest BCUT2D eigenvalue weighted by Crippen LogP contribution is -2.43. The Labute approximate surface area is 139 Å². The van der Waals surface area contributed by atoms with Gasteiger partial charge in [0.25, 0.3) is 5.91 Å². The maximum absolute atomic E-state index is 12.6. The number of nitrogens with zero attached hydrogens (tertiary/aromatic N) is 1. The average molecular weight is 310 g/mol. The second kappa shape index (κ2) is 8.49. The molecule has 1 amide bonds. The van der Waals surface area contributed by atoms with Crippen LogP contribution in [0.2, 0.25) is 0 Å². The van der Waals surface area contributed by atoms with E-state index in [0.29, 0.717) is 0 Å². The van der Waals surface area contributed by atoms with E-state index < -0.39 is 0 Å². The van der Waals surface area contributed by atoms with Gasteiger partial charge in [-0.1, -0.05) is 49.4 Å². The lowest BCUT2D eigenvalue weighted by Gasteiger charge is -2.22. The van der Waals surface area contributed by atoms with Gasteiger partial charge in [0, 0.05) is 18.2 Å². The van der Waals surface area contributed by atoms with Gasteiger partial charge in [0.2, 0.25) is 0 Å². The lowest BCUT2D eigenvalue weighted by molar-refractivity contribution is 0.0930. The monoisotopic (exact) mass is 310 g/mol. The smallest absolute Gasteiger partial charge is 0.251 e. The van der Waals surface area contributed by atoms with E-state index in [2.05, 4.69) is 35.3 Å². The molecule has 3 heteroatoms. The number of benzene rings is 2. The number of nitrogens with one attached hydrogen (secondary N) is 1. The van der Waals surface area contributed by atoms with E-state index in [1.54, 1.807) is 0 Å². The van der Waals surface area contributed by atoms with E-state index in [0.717, 1.165) is 24.9 Å². The van der Waals surface area contributed by atoms with Crippen molar-refractivity contribution in [1.82, 2.24) is 10.2 Å². The third-order valence-corrected chi connectivity index (χ3v) is 3.84. The Balaban J connectivity index is 2.08. The van der Waals surface area contributed by atoms with Crippen LogP contribution in [-0.4, -0.2) is 37.5 Å². The zero-order valence-electron chi connectivity index (χ0n) is 14.3. The van der Waals surface area contributed by atoms with Gasteiger partial charge in [0.15, 0.2) is 0 Å². The van der Waals surface area contributed by atoms with E-state index in [9.17, 15) is 4.79 Å². The summed E-state index contributed by atoms with van der Waals surface area (Å²) in [6.45, 7) is 2.91. The maximum Gasteiger partial charge on any atom is 0.251 e. The zero-order valence-corrected chi connectivity index (χ0v) is 14.3. The third kappa shape index (κ3) is 5.53. The van der Waals surface area contributed by atoms with E-state index in [4.69, 9.17) is 0 Å². The number of aryl methyl sites for hydroxylation is 1. The van der Waals surface area contributed by atoms with E-state index in [1.807, 2.05) is 50.5 Å². The highest BCUT2D eigenvalue weighted by Crippen LogP contribution is 2.08. The van der Waals surface area contributed by atoms with Gasteiger partial charge in [0.1, 0.15) is 0 Å². The molecule has 2 rings (SSSR count). The fraction of sp³-hybridized carbons (Fsp3) is 0.350. The Kier molecular flexibility index (Phi) is 6.36. The van der Waals surface area contributed by atoms with Crippen LogP contribution in [0, 0.1) is 0 Å². The minimum absolute atomic E-state index is 0.00285. The summed E-state index contributed by atoms with van der Waals surface area (Å²) in [5.41, 5.74) is 3.16. The fourth-order valence-electron chi connectivity index (χ4n) is 2.70. The van der Waals surface area contributed by atoms with Gasteiger partial charge in [-0.3, -0.25) is 4.79 Å². The van der Waals surface area contributed by atoms with Gasteiger partial charge in [0.05, 0.1) is 0 Å². The van der Waals surface area contributed by atoms with Crippen molar-refractivity contribution in [1.29, 1.82) is 0 Å². The van der Waals surface area contributed by atoms with E-state index in [-0.39, 0.29) is 11.9 Å². The van der Waals surface area contributed by atoms with Gasteiger partial charge < -0.3 is 10.2 Å². The minimum Gasteiger partial charge on any atom is -0.348 e. The number of carbonyl (C=O) groups is 1. The molecule has 0 heterocycles. The first kappa shape index (κ1) is 17.2. The second-order valence-corrected chi connectivity index (χ2v) is 6.18. The summed E-state index contributed by atoms with van der Waals surface area (Å²) in [4.78, 5) is 14.7. The van der Waals surface area contributed by atoms with E-state index in [1.165, 1.54) is 11.1 Å². The predicted molar refractivity (Wildman–Crippen MR) is 95.8 cm³/mol. The first-order valence-electron chi connectivity index (χ1n) is 8.17. The molecule has 0 fully saturated rings. The minimum atomic E-state index is 0.00285. The summed E-state index contributed by atoms with van der Waals surface area (Å²) in [6, 6.07) is 18.2. The second-order valence-electron chi connectivity index (χ2n) is 6.18. The van der Waals surface area contributed by atoms with Crippen molar-refractivity contribution in [2.45, 2.75) is 25.8 Å². The lowest BCUT2D eigenvalue weighted by atomic mass is 10.0. The van der Waals surface area contributed by atoms with Gasteiger partial charge in [-0.25, -0.2) is 0 Å². The van der Waals surface area contributed by atoms with Crippen LogP contribution in [-0.2, 0) is 12.8 Å². The molecule has 0 unspecified atom stereocenters. The summed E-state index contributed by atoms with van der Waals surface area (Å²) < 4.78 is 0. The summed E-state index contributed by atoms with van der Waals surface area (Å²) in [5, 5.41) is 3.18. The summed E-state index contributed by atoms with van der Waals surface area (Å²) in [6.07, 6.45) is 1.77. The average Bonchev–Trinajstić information content (AvgIpc) is 2.55. The Morgan fingerprint density at radius 1 is 1.04 bits per heavy atom.